The van der Waals surface area contributed by atoms with E-state index < -0.39 is 11.7 Å². The van der Waals surface area contributed by atoms with Gasteiger partial charge in [-0.05, 0) is 36.4 Å². The van der Waals surface area contributed by atoms with Crippen molar-refractivity contribution >= 4 is 5.69 Å². The zero-order valence-corrected chi connectivity index (χ0v) is 8.79. The van der Waals surface area contributed by atoms with Gasteiger partial charge in [-0.3, -0.25) is 0 Å². The number of furan rings is 1. The second-order valence-corrected chi connectivity index (χ2v) is 3.51. The van der Waals surface area contributed by atoms with Crippen molar-refractivity contribution in [2.75, 3.05) is 5.32 Å². The van der Waals surface area contributed by atoms with Crippen LogP contribution in [0.1, 0.15) is 11.3 Å². The smallest absolute Gasteiger partial charge is 0.416 e. The average Bonchev–Trinajstić information content (AvgIpc) is 2.78. The molecule has 0 atom stereocenters. The first kappa shape index (κ1) is 11.6. The minimum absolute atomic E-state index is 0.443. The van der Waals surface area contributed by atoms with Crippen molar-refractivity contribution in [2.24, 2.45) is 0 Å². The normalized spacial score (nSPS) is 11.5. The van der Waals surface area contributed by atoms with E-state index in [-0.39, 0.29) is 0 Å². The minimum Gasteiger partial charge on any atom is -0.467 e. The molecule has 17 heavy (non-hydrogen) atoms. The lowest BCUT2D eigenvalue weighted by molar-refractivity contribution is -0.137. The fourth-order valence-electron chi connectivity index (χ4n) is 1.38. The molecule has 0 amide bonds. The first-order chi connectivity index (χ1) is 8.05. The van der Waals surface area contributed by atoms with Crippen molar-refractivity contribution in [1.29, 1.82) is 0 Å². The van der Waals surface area contributed by atoms with Crippen LogP contribution in [0.2, 0.25) is 0 Å². The van der Waals surface area contributed by atoms with Gasteiger partial charge in [-0.25, -0.2) is 0 Å². The van der Waals surface area contributed by atoms with Crippen molar-refractivity contribution in [3.05, 3.63) is 54.0 Å². The van der Waals surface area contributed by atoms with Gasteiger partial charge < -0.3 is 9.73 Å². The lowest BCUT2D eigenvalue weighted by Crippen LogP contribution is -2.05. The fourth-order valence-corrected chi connectivity index (χ4v) is 1.38. The molecule has 1 aromatic carbocycles. The Kier molecular flexibility index (Phi) is 3.08. The average molecular weight is 241 g/mol. The standard InChI is InChI=1S/C12H10F3NO/c13-12(14,15)9-3-5-10(6-4-9)16-8-11-2-1-7-17-11/h1-7,16H,8H2. The Bertz CT molecular complexity index is 459. The summed E-state index contributed by atoms with van der Waals surface area (Å²) < 4.78 is 42.0. The highest BCUT2D eigenvalue weighted by Gasteiger charge is 2.29. The highest BCUT2D eigenvalue weighted by Crippen LogP contribution is 2.29. The zero-order valence-electron chi connectivity index (χ0n) is 8.79. The molecular formula is C12H10F3NO. The van der Waals surface area contributed by atoms with Gasteiger partial charge in [0.05, 0.1) is 18.4 Å². The summed E-state index contributed by atoms with van der Waals surface area (Å²) in [6.45, 7) is 0.443. The Morgan fingerprint density at radius 2 is 1.76 bits per heavy atom. The Hall–Kier alpha value is -1.91. The molecule has 0 unspecified atom stereocenters. The summed E-state index contributed by atoms with van der Waals surface area (Å²) >= 11 is 0. The zero-order chi connectivity index (χ0) is 12.3. The molecule has 0 saturated heterocycles. The summed E-state index contributed by atoms with van der Waals surface area (Å²) in [7, 11) is 0. The van der Waals surface area contributed by atoms with E-state index in [1.165, 1.54) is 12.1 Å². The summed E-state index contributed by atoms with van der Waals surface area (Å²) in [6.07, 6.45) is -2.75. The SMILES string of the molecule is FC(F)(F)c1ccc(NCc2ccco2)cc1. The third-order valence-corrected chi connectivity index (χ3v) is 2.26. The predicted molar refractivity (Wildman–Crippen MR) is 57.5 cm³/mol. The van der Waals surface area contributed by atoms with E-state index in [1.54, 1.807) is 18.4 Å². The number of hydrogen-bond acceptors (Lipinski definition) is 2. The van der Waals surface area contributed by atoms with Gasteiger partial charge in [-0.15, -0.1) is 0 Å². The van der Waals surface area contributed by atoms with Crippen LogP contribution in [0, 0.1) is 0 Å². The van der Waals surface area contributed by atoms with Gasteiger partial charge in [0.2, 0.25) is 0 Å². The molecule has 0 fully saturated rings. The molecular weight excluding hydrogens is 231 g/mol. The van der Waals surface area contributed by atoms with Crippen LogP contribution in [0.15, 0.2) is 47.1 Å². The number of hydrogen-bond donors (Lipinski definition) is 1. The van der Waals surface area contributed by atoms with Gasteiger partial charge in [0, 0.05) is 5.69 Å². The Morgan fingerprint density at radius 3 is 2.29 bits per heavy atom. The van der Waals surface area contributed by atoms with Crippen molar-refractivity contribution in [1.82, 2.24) is 0 Å². The molecule has 0 spiro atoms. The van der Waals surface area contributed by atoms with Crippen LogP contribution >= 0.6 is 0 Å². The van der Waals surface area contributed by atoms with Crippen molar-refractivity contribution in [3.8, 4) is 0 Å². The Balaban J connectivity index is 1.99. The molecule has 0 aliphatic heterocycles. The van der Waals surface area contributed by atoms with Crippen molar-refractivity contribution < 1.29 is 17.6 Å². The molecule has 2 nitrogen and oxygen atoms in total. The first-order valence-electron chi connectivity index (χ1n) is 4.99. The number of anilines is 1. The maximum absolute atomic E-state index is 12.3. The van der Waals surface area contributed by atoms with Gasteiger partial charge in [0.1, 0.15) is 5.76 Å². The number of alkyl halides is 3. The van der Waals surface area contributed by atoms with Crippen molar-refractivity contribution in [2.45, 2.75) is 12.7 Å². The topological polar surface area (TPSA) is 25.2 Å². The maximum Gasteiger partial charge on any atom is 0.416 e. The third-order valence-electron chi connectivity index (χ3n) is 2.26. The maximum atomic E-state index is 12.3. The van der Waals surface area contributed by atoms with Crippen LogP contribution in [-0.2, 0) is 12.7 Å². The molecule has 0 saturated carbocycles. The summed E-state index contributed by atoms with van der Waals surface area (Å²) in [6, 6.07) is 8.42. The predicted octanol–water partition coefficient (Wildman–Crippen LogP) is 3.91. The van der Waals surface area contributed by atoms with Crippen LogP contribution in [-0.4, -0.2) is 0 Å². The lowest BCUT2D eigenvalue weighted by Gasteiger charge is -2.08. The van der Waals surface area contributed by atoms with E-state index in [2.05, 4.69) is 5.32 Å². The highest BCUT2D eigenvalue weighted by atomic mass is 19.4. The number of benzene rings is 1. The second-order valence-electron chi connectivity index (χ2n) is 3.51. The van der Waals surface area contributed by atoms with Crippen LogP contribution in [0.4, 0.5) is 18.9 Å². The van der Waals surface area contributed by atoms with Gasteiger partial charge in [0.15, 0.2) is 0 Å². The van der Waals surface area contributed by atoms with E-state index in [1.807, 2.05) is 0 Å². The lowest BCUT2D eigenvalue weighted by atomic mass is 10.2. The molecule has 0 radical (unpaired) electrons. The molecule has 1 N–H and O–H groups in total. The molecule has 5 heteroatoms. The van der Waals surface area contributed by atoms with E-state index in [0.717, 1.165) is 17.9 Å². The molecule has 0 aliphatic carbocycles. The van der Waals surface area contributed by atoms with Gasteiger partial charge in [-0.1, -0.05) is 0 Å². The Morgan fingerprint density at radius 1 is 1.06 bits per heavy atom. The van der Waals surface area contributed by atoms with E-state index in [9.17, 15) is 13.2 Å². The molecule has 90 valence electrons. The van der Waals surface area contributed by atoms with Crippen LogP contribution in [0.25, 0.3) is 0 Å². The largest absolute Gasteiger partial charge is 0.467 e. The van der Waals surface area contributed by atoms with Gasteiger partial charge in [-0.2, -0.15) is 13.2 Å². The highest BCUT2D eigenvalue weighted by molar-refractivity contribution is 5.45. The molecule has 1 aromatic heterocycles. The Labute approximate surface area is 96.1 Å². The molecule has 1 heterocycles. The van der Waals surface area contributed by atoms with Gasteiger partial charge >= 0.3 is 6.18 Å². The summed E-state index contributed by atoms with van der Waals surface area (Å²) in [5, 5.41) is 2.96. The number of nitrogens with one attached hydrogen (secondary N) is 1. The van der Waals surface area contributed by atoms with Crippen LogP contribution in [0.3, 0.4) is 0 Å². The monoisotopic (exact) mass is 241 g/mol. The summed E-state index contributed by atoms with van der Waals surface area (Å²) in [4.78, 5) is 0. The number of rotatable bonds is 3. The number of halogens is 3. The second kappa shape index (κ2) is 4.53. The third kappa shape index (κ3) is 3.03. The minimum atomic E-state index is -4.29. The summed E-state index contributed by atoms with van der Waals surface area (Å²) in [5.74, 6) is 0.727. The molecule has 2 rings (SSSR count). The summed E-state index contributed by atoms with van der Waals surface area (Å²) in [5.41, 5.74) is -0.0320. The molecule has 0 aliphatic rings. The van der Waals surface area contributed by atoms with Crippen molar-refractivity contribution in [3.63, 3.8) is 0 Å². The first-order valence-corrected chi connectivity index (χ1v) is 4.99. The van der Waals surface area contributed by atoms with E-state index >= 15 is 0 Å². The van der Waals surface area contributed by atoms with Gasteiger partial charge in [0.25, 0.3) is 0 Å². The van der Waals surface area contributed by atoms with Crippen LogP contribution < -0.4 is 5.32 Å². The quantitative estimate of drug-likeness (QED) is 0.881. The van der Waals surface area contributed by atoms with E-state index in [4.69, 9.17) is 4.42 Å². The van der Waals surface area contributed by atoms with Crippen LogP contribution in [0.5, 0.6) is 0 Å². The molecule has 0 bridgehead atoms. The van der Waals surface area contributed by atoms with E-state index in [0.29, 0.717) is 12.2 Å². The molecule has 2 aromatic rings. The fraction of sp³-hybridized carbons (Fsp3) is 0.167.